The van der Waals surface area contributed by atoms with Crippen LogP contribution < -0.4 is 4.74 Å². The number of Topliss-reactive ketones (excluding diaryl/α,β-unsaturated/α-hetero) is 1. The van der Waals surface area contributed by atoms with Crippen molar-refractivity contribution in [3.63, 3.8) is 0 Å². The van der Waals surface area contributed by atoms with Crippen molar-refractivity contribution in [2.75, 3.05) is 7.11 Å². The number of allylic oxidation sites excluding steroid dienone is 1. The first kappa shape index (κ1) is 12.6. The minimum Gasteiger partial charge on any atom is -0.496 e. The van der Waals surface area contributed by atoms with E-state index in [4.69, 9.17) is 4.74 Å². The second-order valence-corrected chi connectivity index (χ2v) is 4.72. The Morgan fingerprint density at radius 1 is 1.15 bits per heavy atom. The number of ether oxygens (including phenoxy) is 1. The van der Waals surface area contributed by atoms with E-state index in [1.807, 2.05) is 12.1 Å². The summed E-state index contributed by atoms with van der Waals surface area (Å²) in [5.41, 5.74) is 3.14. The van der Waals surface area contributed by atoms with Gasteiger partial charge in [0.1, 0.15) is 11.6 Å². The Morgan fingerprint density at radius 2 is 1.90 bits per heavy atom. The van der Waals surface area contributed by atoms with Crippen LogP contribution in [0, 0.1) is 5.82 Å². The lowest BCUT2D eigenvalue weighted by Gasteiger charge is -2.04. The molecule has 2 aromatic carbocycles. The van der Waals surface area contributed by atoms with Crippen molar-refractivity contribution in [2.24, 2.45) is 0 Å². The molecule has 0 bridgehead atoms. The molecule has 20 heavy (non-hydrogen) atoms. The molecule has 0 fully saturated rings. The van der Waals surface area contributed by atoms with Gasteiger partial charge in [-0.25, -0.2) is 4.39 Å². The summed E-state index contributed by atoms with van der Waals surface area (Å²) in [7, 11) is 1.56. The topological polar surface area (TPSA) is 26.3 Å². The Kier molecular flexibility index (Phi) is 3.11. The summed E-state index contributed by atoms with van der Waals surface area (Å²) in [6.45, 7) is 0. The van der Waals surface area contributed by atoms with Crippen molar-refractivity contribution in [1.82, 2.24) is 0 Å². The summed E-state index contributed by atoms with van der Waals surface area (Å²) in [5, 5.41) is 0. The molecule has 100 valence electrons. The van der Waals surface area contributed by atoms with E-state index in [2.05, 4.69) is 0 Å². The van der Waals surface area contributed by atoms with Crippen molar-refractivity contribution >= 4 is 11.9 Å². The van der Waals surface area contributed by atoms with Crippen LogP contribution in [-0.2, 0) is 6.42 Å². The first-order chi connectivity index (χ1) is 9.69. The second-order valence-electron chi connectivity index (χ2n) is 4.72. The van der Waals surface area contributed by atoms with Crippen LogP contribution in [0.1, 0.15) is 21.5 Å². The number of fused-ring (bicyclic) bond motifs is 1. The normalized spacial score (nSPS) is 15.5. The van der Waals surface area contributed by atoms with E-state index in [1.54, 1.807) is 31.4 Å². The number of methoxy groups -OCH3 is 1. The summed E-state index contributed by atoms with van der Waals surface area (Å²) < 4.78 is 18.1. The fraction of sp³-hybridized carbons (Fsp3) is 0.118. The monoisotopic (exact) mass is 268 g/mol. The Hall–Kier alpha value is -2.42. The van der Waals surface area contributed by atoms with Gasteiger partial charge in [0.2, 0.25) is 0 Å². The second kappa shape index (κ2) is 4.93. The Bertz CT molecular complexity index is 699. The van der Waals surface area contributed by atoms with Crippen LogP contribution in [0.4, 0.5) is 4.39 Å². The third-order valence-corrected chi connectivity index (χ3v) is 3.44. The van der Waals surface area contributed by atoms with Crippen LogP contribution in [0.2, 0.25) is 0 Å². The predicted molar refractivity (Wildman–Crippen MR) is 75.4 cm³/mol. The molecule has 1 aliphatic rings. The maximum absolute atomic E-state index is 12.9. The predicted octanol–water partition coefficient (Wildman–Crippen LogP) is 3.66. The van der Waals surface area contributed by atoms with Gasteiger partial charge in [0, 0.05) is 12.0 Å². The molecule has 0 radical (unpaired) electrons. The zero-order valence-electron chi connectivity index (χ0n) is 11.0. The third kappa shape index (κ3) is 2.11. The number of halogens is 1. The number of hydrogen-bond acceptors (Lipinski definition) is 2. The van der Waals surface area contributed by atoms with E-state index in [9.17, 15) is 9.18 Å². The van der Waals surface area contributed by atoms with E-state index in [0.29, 0.717) is 23.3 Å². The third-order valence-electron chi connectivity index (χ3n) is 3.44. The van der Waals surface area contributed by atoms with Gasteiger partial charge < -0.3 is 4.74 Å². The molecule has 0 spiro atoms. The summed E-state index contributed by atoms with van der Waals surface area (Å²) in [6.07, 6.45) is 2.39. The van der Waals surface area contributed by atoms with Crippen LogP contribution in [0.15, 0.2) is 48.0 Å². The van der Waals surface area contributed by atoms with Crippen LogP contribution in [-0.4, -0.2) is 12.9 Å². The van der Waals surface area contributed by atoms with Gasteiger partial charge in [-0.3, -0.25) is 4.79 Å². The van der Waals surface area contributed by atoms with Gasteiger partial charge in [-0.2, -0.15) is 0 Å². The smallest absolute Gasteiger partial charge is 0.193 e. The quantitative estimate of drug-likeness (QED) is 0.777. The average Bonchev–Trinajstić information content (AvgIpc) is 2.78. The van der Waals surface area contributed by atoms with Gasteiger partial charge in [0.15, 0.2) is 5.78 Å². The lowest BCUT2D eigenvalue weighted by Crippen LogP contribution is -1.98. The molecule has 2 nitrogen and oxygen atoms in total. The van der Waals surface area contributed by atoms with E-state index < -0.39 is 0 Å². The van der Waals surface area contributed by atoms with Crippen molar-refractivity contribution in [3.05, 3.63) is 70.5 Å². The van der Waals surface area contributed by atoms with Crippen molar-refractivity contribution in [2.45, 2.75) is 6.42 Å². The summed E-state index contributed by atoms with van der Waals surface area (Å²) in [4.78, 5) is 12.4. The standard InChI is InChI=1S/C17H13FO2/c1-20-15-4-2-3-12-10-13(17(19)16(12)15)9-11-5-7-14(18)8-6-11/h2-9H,10H2,1H3. The van der Waals surface area contributed by atoms with Gasteiger partial charge in [-0.15, -0.1) is 0 Å². The molecule has 0 saturated carbocycles. The van der Waals surface area contributed by atoms with Gasteiger partial charge >= 0.3 is 0 Å². The zero-order valence-corrected chi connectivity index (χ0v) is 11.0. The van der Waals surface area contributed by atoms with E-state index in [1.165, 1.54) is 12.1 Å². The Labute approximate surface area is 116 Å². The first-order valence-electron chi connectivity index (χ1n) is 6.36. The largest absolute Gasteiger partial charge is 0.496 e. The van der Waals surface area contributed by atoms with E-state index >= 15 is 0 Å². The maximum atomic E-state index is 12.9. The molecule has 0 atom stereocenters. The van der Waals surface area contributed by atoms with Gasteiger partial charge in [-0.1, -0.05) is 24.3 Å². The van der Waals surface area contributed by atoms with Crippen LogP contribution in [0.25, 0.3) is 6.08 Å². The number of carbonyl (C=O) groups excluding carboxylic acids is 1. The van der Waals surface area contributed by atoms with E-state index in [-0.39, 0.29) is 11.6 Å². The van der Waals surface area contributed by atoms with Gasteiger partial charge in [0.05, 0.1) is 12.7 Å². The highest BCUT2D eigenvalue weighted by molar-refractivity contribution is 6.17. The maximum Gasteiger partial charge on any atom is 0.193 e. The highest BCUT2D eigenvalue weighted by Crippen LogP contribution is 2.34. The Morgan fingerprint density at radius 3 is 2.60 bits per heavy atom. The summed E-state index contributed by atoms with van der Waals surface area (Å²) >= 11 is 0. The molecular weight excluding hydrogens is 255 g/mol. The van der Waals surface area contributed by atoms with Crippen molar-refractivity contribution in [3.8, 4) is 5.75 Å². The SMILES string of the molecule is COc1cccc2c1C(=O)C(=Cc1ccc(F)cc1)C2. The molecule has 0 unspecified atom stereocenters. The number of hydrogen-bond donors (Lipinski definition) is 0. The molecular formula is C17H13FO2. The van der Waals surface area contributed by atoms with Gasteiger partial charge in [-0.05, 0) is 35.4 Å². The van der Waals surface area contributed by atoms with E-state index in [0.717, 1.165) is 11.1 Å². The molecule has 2 aromatic rings. The zero-order chi connectivity index (χ0) is 14.1. The molecule has 0 aliphatic heterocycles. The molecule has 1 aliphatic carbocycles. The highest BCUT2D eigenvalue weighted by Gasteiger charge is 2.27. The summed E-state index contributed by atoms with van der Waals surface area (Å²) in [5.74, 6) is 0.312. The fourth-order valence-corrected chi connectivity index (χ4v) is 2.47. The average molecular weight is 268 g/mol. The number of ketones is 1. The molecule has 3 rings (SSSR count). The van der Waals surface area contributed by atoms with Gasteiger partial charge in [0.25, 0.3) is 0 Å². The minimum atomic E-state index is -0.283. The lowest BCUT2D eigenvalue weighted by molar-refractivity contribution is 0.103. The molecule has 0 saturated heterocycles. The van der Waals surface area contributed by atoms with Crippen molar-refractivity contribution in [1.29, 1.82) is 0 Å². The highest BCUT2D eigenvalue weighted by atomic mass is 19.1. The Balaban J connectivity index is 1.99. The molecule has 0 amide bonds. The number of benzene rings is 2. The van der Waals surface area contributed by atoms with Crippen molar-refractivity contribution < 1.29 is 13.9 Å². The van der Waals surface area contributed by atoms with Crippen LogP contribution >= 0.6 is 0 Å². The first-order valence-corrected chi connectivity index (χ1v) is 6.36. The minimum absolute atomic E-state index is 0.0122. The fourth-order valence-electron chi connectivity index (χ4n) is 2.47. The van der Waals surface area contributed by atoms with Crippen LogP contribution in [0.3, 0.4) is 0 Å². The molecule has 0 heterocycles. The number of rotatable bonds is 2. The van der Waals surface area contributed by atoms with Crippen LogP contribution in [0.5, 0.6) is 5.75 Å². The number of carbonyl (C=O) groups is 1. The molecule has 0 N–H and O–H groups in total. The summed E-state index contributed by atoms with van der Waals surface area (Å²) in [6, 6.07) is 11.7. The lowest BCUT2D eigenvalue weighted by atomic mass is 10.1. The molecule has 3 heteroatoms. The molecule has 0 aromatic heterocycles.